The van der Waals surface area contributed by atoms with Crippen LogP contribution in [0.15, 0.2) is 0 Å². The second-order valence-corrected chi connectivity index (χ2v) is 5.37. The molecule has 108 valence electrons. The molecule has 2 amide bonds. The van der Waals surface area contributed by atoms with Crippen molar-refractivity contribution in [1.29, 1.82) is 0 Å². The number of nitrogens with two attached hydrogens (primary N) is 1. The van der Waals surface area contributed by atoms with E-state index in [1.165, 1.54) is 12.8 Å². The Morgan fingerprint density at radius 3 is 2.58 bits per heavy atom. The standard InChI is InChI=1S/C13H24N4O2/c14-8-12(18)15-9-13(19)17-7-3-4-11(17)10-16-5-1-2-6-16/h11H,1-10,14H2,(H,15,18). The molecule has 6 heteroatoms. The first-order chi connectivity index (χ1) is 9.20. The number of hydrogen-bond acceptors (Lipinski definition) is 4. The zero-order valence-electron chi connectivity index (χ0n) is 11.4. The number of carbonyl (C=O) groups excluding carboxylic acids is 2. The number of amides is 2. The molecule has 2 aliphatic rings. The lowest BCUT2D eigenvalue weighted by Gasteiger charge is -2.28. The van der Waals surface area contributed by atoms with Crippen LogP contribution < -0.4 is 11.1 Å². The summed E-state index contributed by atoms with van der Waals surface area (Å²) in [5, 5.41) is 2.55. The fourth-order valence-electron chi connectivity index (χ4n) is 2.97. The van der Waals surface area contributed by atoms with Crippen LogP contribution in [0, 0.1) is 0 Å². The summed E-state index contributed by atoms with van der Waals surface area (Å²) in [7, 11) is 0. The van der Waals surface area contributed by atoms with Gasteiger partial charge in [0.1, 0.15) is 0 Å². The van der Waals surface area contributed by atoms with Crippen molar-refractivity contribution in [2.24, 2.45) is 5.73 Å². The van der Waals surface area contributed by atoms with E-state index in [0.29, 0.717) is 6.04 Å². The van der Waals surface area contributed by atoms with E-state index in [1.807, 2.05) is 4.90 Å². The number of nitrogens with one attached hydrogen (secondary N) is 1. The first kappa shape index (κ1) is 14.3. The highest BCUT2D eigenvalue weighted by molar-refractivity contribution is 5.85. The van der Waals surface area contributed by atoms with E-state index in [9.17, 15) is 9.59 Å². The van der Waals surface area contributed by atoms with Crippen molar-refractivity contribution in [2.45, 2.75) is 31.7 Å². The first-order valence-electron chi connectivity index (χ1n) is 7.19. The first-order valence-corrected chi connectivity index (χ1v) is 7.19. The maximum Gasteiger partial charge on any atom is 0.242 e. The summed E-state index contributed by atoms with van der Waals surface area (Å²) >= 11 is 0. The van der Waals surface area contributed by atoms with Crippen molar-refractivity contribution in [3.63, 3.8) is 0 Å². The molecule has 0 aliphatic carbocycles. The van der Waals surface area contributed by atoms with Crippen molar-refractivity contribution >= 4 is 11.8 Å². The van der Waals surface area contributed by atoms with E-state index in [-0.39, 0.29) is 24.9 Å². The number of hydrogen-bond donors (Lipinski definition) is 2. The molecule has 6 nitrogen and oxygen atoms in total. The smallest absolute Gasteiger partial charge is 0.242 e. The molecule has 0 aromatic carbocycles. The Bertz CT molecular complexity index is 329. The molecular formula is C13H24N4O2. The SMILES string of the molecule is NCC(=O)NCC(=O)N1CCCC1CN1CCCC1. The second-order valence-electron chi connectivity index (χ2n) is 5.37. The molecule has 2 saturated heterocycles. The number of nitrogens with zero attached hydrogens (tertiary/aromatic N) is 2. The highest BCUT2D eigenvalue weighted by atomic mass is 16.2. The van der Waals surface area contributed by atoms with E-state index < -0.39 is 0 Å². The molecule has 0 radical (unpaired) electrons. The molecule has 2 fully saturated rings. The summed E-state index contributed by atoms with van der Waals surface area (Å²) in [6.07, 6.45) is 4.68. The van der Waals surface area contributed by atoms with E-state index in [2.05, 4.69) is 10.2 Å². The number of rotatable bonds is 5. The van der Waals surface area contributed by atoms with Gasteiger partial charge in [0, 0.05) is 19.1 Å². The van der Waals surface area contributed by atoms with Crippen LogP contribution in [0.5, 0.6) is 0 Å². The molecule has 2 aliphatic heterocycles. The topological polar surface area (TPSA) is 78.7 Å². The maximum atomic E-state index is 12.1. The minimum atomic E-state index is -0.274. The monoisotopic (exact) mass is 268 g/mol. The van der Waals surface area contributed by atoms with Gasteiger partial charge in [-0.15, -0.1) is 0 Å². The Balaban J connectivity index is 1.79. The Labute approximate surface area is 114 Å². The van der Waals surface area contributed by atoms with Crippen LogP contribution in [-0.4, -0.2) is 66.9 Å². The third kappa shape index (κ3) is 3.91. The Hall–Kier alpha value is -1.14. The molecule has 0 spiro atoms. The fourth-order valence-corrected chi connectivity index (χ4v) is 2.97. The lowest BCUT2D eigenvalue weighted by Crippen LogP contribution is -2.47. The van der Waals surface area contributed by atoms with Crippen LogP contribution in [0.1, 0.15) is 25.7 Å². The molecule has 0 aromatic heterocycles. The van der Waals surface area contributed by atoms with Gasteiger partial charge in [0.05, 0.1) is 13.1 Å². The molecule has 0 bridgehead atoms. The van der Waals surface area contributed by atoms with Gasteiger partial charge in [0.15, 0.2) is 0 Å². The molecule has 2 rings (SSSR count). The molecule has 3 N–H and O–H groups in total. The minimum Gasteiger partial charge on any atom is -0.346 e. The zero-order valence-corrected chi connectivity index (χ0v) is 11.4. The van der Waals surface area contributed by atoms with Crippen LogP contribution >= 0.6 is 0 Å². The van der Waals surface area contributed by atoms with Crippen LogP contribution in [0.3, 0.4) is 0 Å². The van der Waals surface area contributed by atoms with Crippen LogP contribution in [0.4, 0.5) is 0 Å². The molecule has 1 atom stereocenters. The predicted octanol–water partition coefficient (Wildman–Crippen LogP) is -0.852. The summed E-state index contributed by atoms with van der Waals surface area (Å²) < 4.78 is 0. The van der Waals surface area contributed by atoms with Crippen molar-refractivity contribution in [1.82, 2.24) is 15.1 Å². The molecule has 0 aromatic rings. The largest absolute Gasteiger partial charge is 0.346 e. The second kappa shape index (κ2) is 6.86. The zero-order chi connectivity index (χ0) is 13.7. The Morgan fingerprint density at radius 2 is 1.89 bits per heavy atom. The number of likely N-dealkylation sites (tertiary alicyclic amines) is 2. The normalized spacial score (nSPS) is 23.8. The minimum absolute atomic E-state index is 0.0171. The van der Waals surface area contributed by atoms with Crippen molar-refractivity contribution in [3.8, 4) is 0 Å². The van der Waals surface area contributed by atoms with Gasteiger partial charge in [-0.25, -0.2) is 0 Å². The summed E-state index contributed by atoms with van der Waals surface area (Å²) in [5.74, 6) is -0.257. The number of carbonyl (C=O) groups is 2. The van der Waals surface area contributed by atoms with E-state index >= 15 is 0 Å². The predicted molar refractivity (Wildman–Crippen MR) is 72.5 cm³/mol. The fraction of sp³-hybridized carbons (Fsp3) is 0.846. The van der Waals surface area contributed by atoms with Gasteiger partial charge in [-0.1, -0.05) is 0 Å². The quantitative estimate of drug-likeness (QED) is 0.681. The highest BCUT2D eigenvalue weighted by Crippen LogP contribution is 2.20. The third-order valence-corrected chi connectivity index (χ3v) is 3.99. The average Bonchev–Trinajstić information content (AvgIpc) is 3.07. The van der Waals surface area contributed by atoms with Crippen LogP contribution in [0.25, 0.3) is 0 Å². The van der Waals surface area contributed by atoms with Crippen molar-refractivity contribution in [3.05, 3.63) is 0 Å². The van der Waals surface area contributed by atoms with Gasteiger partial charge in [-0.05, 0) is 38.8 Å². The van der Waals surface area contributed by atoms with Crippen molar-refractivity contribution < 1.29 is 9.59 Å². The van der Waals surface area contributed by atoms with E-state index in [1.54, 1.807) is 0 Å². The van der Waals surface area contributed by atoms with Gasteiger partial charge in [0.2, 0.25) is 11.8 Å². The van der Waals surface area contributed by atoms with Crippen LogP contribution in [0.2, 0.25) is 0 Å². The van der Waals surface area contributed by atoms with Gasteiger partial charge >= 0.3 is 0 Å². The Morgan fingerprint density at radius 1 is 1.16 bits per heavy atom. The maximum absolute atomic E-state index is 12.1. The lowest BCUT2D eigenvalue weighted by molar-refractivity contribution is -0.133. The van der Waals surface area contributed by atoms with Gasteiger partial charge in [-0.2, -0.15) is 0 Å². The van der Waals surface area contributed by atoms with Gasteiger partial charge < -0.3 is 20.9 Å². The van der Waals surface area contributed by atoms with E-state index in [4.69, 9.17) is 5.73 Å². The highest BCUT2D eigenvalue weighted by Gasteiger charge is 2.30. The summed E-state index contributed by atoms with van der Waals surface area (Å²) in [6.45, 7) is 4.12. The van der Waals surface area contributed by atoms with Gasteiger partial charge in [0.25, 0.3) is 0 Å². The summed E-state index contributed by atoms with van der Waals surface area (Å²) in [5.41, 5.74) is 5.20. The third-order valence-electron chi connectivity index (χ3n) is 3.99. The molecule has 19 heavy (non-hydrogen) atoms. The van der Waals surface area contributed by atoms with Crippen molar-refractivity contribution in [2.75, 3.05) is 39.3 Å². The lowest BCUT2D eigenvalue weighted by atomic mass is 10.2. The summed E-state index contributed by atoms with van der Waals surface area (Å²) in [4.78, 5) is 27.5. The van der Waals surface area contributed by atoms with Gasteiger partial charge in [-0.3, -0.25) is 9.59 Å². The molecule has 2 heterocycles. The Kier molecular flexibility index (Phi) is 5.15. The molecule has 1 unspecified atom stereocenters. The average molecular weight is 268 g/mol. The van der Waals surface area contributed by atoms with E-state index in [0.717, 1.165) is 39.0 Å². The molecule has 0 saturated carbocycles. The van der Waals surface area contributed by atoms with Crippen LogP contribution in [-0.2, 0) is 9.59 Å². The summed E-state index contributed by atoms with van der Waals surface area (Å²) in [6, 6.07) is 0.320. The molecular weight excluding hydrogens is 244 g/mol.